The second kappa shape index (κ2) is 7.93. The number of fused-ring (bicyclic) bond motifs is 2. The number of tetrazole rings is 1. The molecule has 4 atom stereocenters. The molecular formula is C25H31FN8O. The summed E-state index contributed by atoms with van der Waals surface area (Å²) >= 11 is 0. The normalized spacial score (nSPS) is 30.3. The van der Waals surface area contributed by atoms with Gasteiger partial charge in [0.1, 0.15) is 11.9 Å². The molecule has 3 aliphatic rings. The first-order chi connectivity index (χ1) is 16.7. The molecule has 0 amide bonds. The monoisotopic (exact) mass is 478 g/mol. The van der Waals surface area contributed by atoms with E-state index in [4.69, 9.17) is 0 Å². The van der Waals surface area contributed by atoms with Gasteiger partial charge in [-0.15, -0.1) is 20.4 Å². The molecule has 2 heterocycles. The summed E-state index contributed by atoms with van der Waals surface area (Å²) in [5, 5.41) is 31.4. The van der Waals surface area contributed by atoms with Crippen molar-refractivity contribution in [3.05, 3.63) is 24.4 Å². The largest absolute Gasteiger partial charge is 0.507 e. The van der Waals surface area contributed by atoms with Crippen LogP contribution in [-0.4, -0.2) is 58.8 Å². The average molecular weight is 479 g/mol. The third kappa shape index (κ3) is 3.92. The number of aromatic hydroxyl groups is 1. The second-order valence-electron chi connectivity index (χ2n) is 11.3. The van der Waals surface area contributed by atoms with Crippen molar-refractivity contribution in [1.29, 1.82) is 0 Å². The highest BCUT2D eigenvalue weighted by Crippen LogP contribution is 2.58. The van der Waals surface area contributed by atoms with Gasteiger partial charge in [0.25, 0.3) is 0 Å². The molecule has 0 saturated heterocycles. The molecule has 0 unspecified atom stereocenters. The zero-order valence-corrected chi connectivity index (χ0v) is 20.4. The molecule has 1 aromatic carbocycles. The number of hydrogen-bond acceptors (Lipinski definition) is 8. The number of rotatable bonds is 5. The molecule has 35 heavy (non-hydrogen) atoms. The Labute approximate surface area is 203 Å². The van der Waals surface area contributed by atoms with E-state index in [0.717, 1.165) is 44.9 Å². The minimum Gasteiger partial charge on any atom is -0.507 e. The van der Waals surface area contributed by atoms with Crippen molar-refractivity contribution in [3.63, 3.8) is 0 Å². The molecule has 184 valence electrons. The number of benzene rings is 1. The highest BCUT2D eigenvalue weighted by molar-refractivity contribution is 5.70. The van der Waals surface area contributed by atoms with E-state index >= 15 is 4.39 Å². The minimum atomic E-state index is -0.899. The maximum atomic E-state index is 16.0. The fourth-order valence-electron chi connectivity index (χ4n) is 6.54. The molecule has 0 aliphatic heterocycles. The van der Waals surface area contributed by atoms with E-state index in [-0.39, 0.29) is 22.6 Å². The number of aromatic nitrogens is 7. The number of halogens is 1. The van der Waals surface area contributed by atoms with E-state index in [1.807, 2.05) is 0 Å². The number of phenols is 1. The predicted molar refractivity (Wildman–Crippen MR) is 128 cm³/mol. The highest BCUT2D eigenvalue weighted by atomic mass is 19.1. The van der Waals surface area contributed by atoms with E-state index in [1.54, 1.807) is 31.4 Å². The van der Waals surface area contributed by atoms with Crippen molar-refractivity contribution in [2.75, 3.05) is 4.90 Å². The molecule has 1 N–H and O–H groups in total. The molecule has 9 nitrogen and oxygen atoms in total. The van der Waals surface area contributed by atoms with Gasteiger partial charge in [-0.25, -0.2) is 9.37 Å². The molecule has 10 heteroatoms. The van der Waals surface area contributed by atoms with Gasteiger partial charge in [-0.3, -0.25) is 0 Å². The fourth-order valence-corrected chi connectivity index (χ4v) is 6.54. The first kappa shape index (κ1) is 22.3. The van der Waals surface area contributed by atoms with Crippen LogP contribution in [0.25, 0.3) is 22.8 Å². The van der Waals surface area contributed by atoms with Gasteiger partial charge >= 0.3 is 0 Å². The van der Waals surface area contributed by atoms with Crippen LogP contribution in [0.5, 0.6) is 5.75 Å². The van der Waals surface area contributed by atoms with Gasteiger partial charge in [0.05, 0.1) is 24.8 Å². The van der Waals surface area contributed by atoms with Gasteiger partial charge in [0.15, 0.2) is 11.6 Å². The topological polar surface area (TPSA) is 106 Å². The Hall–Kier alpha value is -3.17. The first-order valence-electron chi connectivity index (χ1n) is 12.4. The standard InChI is InChI=1S/C25H31FN8O/c1-24-9-4-10-25(2,14-24)21(26)18(12-24)34(16-6-7-16)20-13-27-23(29-28-20)17-8-5-15(11-19(17)35)22-30-32-33(3)31-22/h5,8,11,13,16,18,21,35H,4,6-7,9-10,12,14H2,1-3H3/t18-,21-,24-,25-/m1/s1. The Balaban J connectivity index is 1.28. The van der Waals surface area contributed by atoms with Crippen LogP contribution < -0.4 is 4.90 Å². The molecule has 0 radical (unpaired) electrons. The molecule has 3 aromatic rings. The fraction of sp³-hybridized carbons (Fsp3) is 0.600. The summed E-state index contributed by atoms with van der Waals surface area (Å²) in [7, 11) is 1.68. The van der Waals surface area contributed by atoms with E-state index < -0.39 is 6.17 Å². The smallest absolute Gasteiger partial charge is 0.205 e. The van der Waals surface area contributed by atoms with Gasteiger partial charge in [-0.05, 0) is 61.3 Å². The summed E-state index contributed by atoms with van der Waals surface area (Å²) in [6.07, 6.45) is 7.87. The van der Waals surface area contributed by atoms with E-state index in [0.29, 0.717) is 34.6 Å². The van der Waals surface area contributed by atoms with E-state index in [9.17, 15) is 5.11 Å². The Morgan fingerprint density at radius 3 is 2.60 bits per heavy atom. The highest BCUT2D eigenvalue weighted by Gasteiger charge is 2.56. The molecule has 3 fully saturated rings. The quantitative estimate of drug-likeness (QED) is 0.584. The van der Waals surface area contributed by atoms with Crippen molar-refractivity contribution in [2.45, 2.75) is 77.0 Å². The molecule has 0 spiro atoms. The van der Waals surface area contributed by atoms with Crippen molar-refractivity contribution < 1.29 is 9.50 Å². The van der Waals surface area contributed by atoms with Gasteiger partial charge in [-0.2, -0.15) is 4.80 Å². The lowest BCUT2D eigenvalue weighted by molar-refractivity contribution is -0.0554. The van der Waals surface area contributed by atoms with Crippen molar-refractivity contribution in [1.82, 2.24) is 35.4 Å². The molecule has 3 saturated carbocycles. The van der Waals surface area contributed by atoms with Crippen LogP contribution in [0.2, 0.25) is 0 Å². The van der Waals surface area contributed by atoms with Crippen molar-refractivity contribution in [2.24, 2.45) is 17.9 Å². The third-order valence-corrected chi connectivity index (χ3v) is 8.18. The SMILES string of the molecule is Cn1nnc(-c2ccc(-c3ncc(N(C4CC4)[C@@H]4C[C@@]5(C)CCC[C@](C)(C5)[C@@H]4F)nn3)c(O)c2)n1. The van der Waals surface area contributed by atoms with E-state index in [1.165, 1.54) is 4.80 Å². The maximum Gasteiger partial charge on any atom is 0.205 e. The van der Waals surface area contributed by atoms with Crippen molar-refractivity contribution in [3.8, 4) is 28.5 Å². The first-order valence-corrected chi connectivity index (χ1v) is 12.4. The Kier molecular flexibility index (Phi) is 5.05. The van der Waals surface area contributed by atoms with Crippen LogP contribution in [0.1, 0.15) is 58.8 Å². The number of alkyl halides is 1. The molecule has 2 aromatic heterocycles. The Bertz CT molecular complexity index is 1240. The van der Waals surface area contributed by atoms with Crippen LogP contribution in [0.3, 0.4) is 0 Å². The Morgan fingerprint density at radius 2 is 1.94 bits per heavy atom. The third-order valence-electron chi connectivity index (χ3n) is 8.18. The number of nitrogens with zero attached hydrogens (tertiary/aromatic N) is 8. The predicted octanol–water partition coefficient (Wildman–Crippen LogP) is 4.10. The lowest BCUT2D eigenvalue weighted by Crippen LogP contribution is -2.58. The van der Waals surface area contributed by atoms with Crippen LogP contribution in [0.4, 0.5) is 10.2 Å². The Morgan fingerprint density at radius 1 is 1.11 bits per heavy atom. The zero-order chi connectivity index (χ0) is 24.4. The van der Waals surface area contributed by atoms with Crippen LogP contribution >= 0.6 is 0 Å². The van der Waals surface area contributed by atoms with E-state index in [2.05, 4.69) is 49.3 Å². The number of hydrogen-bond donors (Lipinski definition) is 1. The number of anilines is 1. The minimum absolute atomic E-state index is 0.00771. The molecule has 6 rings (SSSR count). The lowest BCUT2D eigenvalue weighted by atomic mass is 9.54. The number of phenolic OH excluding ortho intramolecular Hbond substituents is 1. The van der Waals surface area contributed by atoms with Crippen molar-refractivity contribution >= 4 is 5.82 Å². The van der Waals surface area contributed by atoms with Gasteiger partial charge in [-0.1, -0.05) is 26.3 Å². The van der Waals surface area contributed by atoms with Crippen LogP contribution in [0.15, 0.2) is 24.4 Å². The molecule has 2 bridgehead atoms. The average Bonchev–Trinajstić information content (AvgIpc) is 3.56. The van der Waals surface area contributed by atoms with Gasteiger partial charge < -0.3 is 10.0 Å². The zero-order valence-electron chi connectivity index (χ0n) is 20.4. The van der Waals surface area contributed by atoms with Crippen LogP contribution in [-0.2, 0) is 7.05 Å². The maximum absolute atomic E-state index is 16.0. The second-order valence-corrected chi connectivity index (χ2v) is 11.3. The summed E-state index contributed by atoms with van der Waals surface area (Å²) in [5.74, 6) is 1.37. The number of aryl methyl sites for hydroxylation is 1. The van der Waals surface area contributed by atoms with Crippen LogP contribution in [0, 0.1) is 10.8 Å². The molecular weight excluding hydrogens is 447 g/mol. The lowest BCUT2D eigenvalue weighted by Gasteiger charge is -2.56. The van der Waals surface area contributed by atoms with Gasteiger partial charge in [0, 0.05) is 17.0 Å². The molecule has 3 aliphatic carbocycles. The summed E-state index contributed by atoms with van der Waals surface area (Å²) in [6, 6.07) is 5.16. The summed E-state index contributed by atoms with van der Waals surface area (Å²) in [4.78, 5) is 8.05. The van der Waals surface area contributed by atoms with Gasteiger partial charge in [0.2, 0.25) is 5.82 Å². The summed E-state index contributed by atoms with van der Waals surface area (Å²) in [6.45, 7) is 4.45. The summed E-state index contributed by atoms with van der Waals surface area (Å²) < 4.78 is 16.0. The summed E-state index contributed by atoms with van der Waals surface area (Å²) in [5.41, 5.74) is 0.989.